The van der Waals surface area contributed by atoms with Crippen LogP contribution < -0.4 is 0 Å². The van der Waals surface area contributed by atoms with Crippen LogP contribution in [0.3, 0.4) is 0 Å². The first-order valence-corrected chi connectivity index (χ1v) is 7.17. The van der Waals surface area contributed by atoms with E-state index < -0.39 is 0 Å². The molecule has 21 heavy (non-hydrogen) atoms. The van der Waals surface area contributed by atoms with Crippen LogP contribution in [0.2, 0.25) is 0 Å². The summed E-state index contributed by atoms with van der Waals surface area (Å²) in [6.45, 7) is 0. The molecule has 0 heterocycles. The van der Waals surface area contributed by atoms with Gasteiger partial charge in [-0.05, 0) is 24.3 Å². The van der Waals surface area contributed by atoms with Crippen molar-refractivity contribution in [2.45, 2.75) is 0 Å². The molecule has 0 amide bonds. The molecule has 0 aliphatic rings. The average molecular weight is 393 g/mol. The molecule has 0 unspecified atom stereocenters. The summed E-state index contributed by atoms with van der Waals surface area (Å²) in [4.78, 5) is 7.81. The van der Waals surface area contributed by atoms with Crippen LogP contribution in [0.25, 0.3) is 0 Å². The van der Waals surface area contributed by atoms with Crippen molar-refractivity contribution in [3.63, 3.8) is 0 Å². The third kappa shape index (κ3) is 10.5. The molecule has 0 atom stereocenters. The van der Waals surface area contributed by atoms with E-state index in [4.69, 9.17) is 0 Å². The molecule has 2 aromatic rings. The number of benzene rings is 2. The molecule has 114 valence electrons. The Kier molecular flexibility index (Phi) is 11.3. The second kappa shape index (κ2) is 11.8. The average Bonchev–Trinajstić information content (AvgIpc) is 2.40. The Morgan fingerprint density at radius 1 is 0.571 bits per heavy atom. The maximum atomic E-state index is 4.63. The van der Waals surface area contributed by atoms with Crippen LogP contribution in [0, 0.1) is 0 Å². The standard InChI is InChI=1S/2C7H7NS2.Ni/c2*9-7(10)8-6-4-2-1-3-5-6;/h2*1-5H,(H2,8,9,10);/p-4. The van der Waals surface area contributed by atoms with Crippen molar-refractivity contribution < 1.29 is 16.5 Å². The van der Waals surface area contributed by atoms with Crippen molar-refractivity contribution in [1.29, 1.82) is 0 Å². The summed E-state index contributed by atoms with van der Waals surface area (Å²) >= 11 is 18.5. The Labute approximate surface area is 157 Å². The molecule has 0 N–H and O–H groups in total. The number of rotatable bonds is 2. The molecular weight excluding hydrogens is 383 g/mol. The number of nitrogens with zero attached hydrogens (tertiary/aromatic N) is 2. The van der Waals surface area contributed by atoms with Crippen LogP contribution in [0.5, 0.6) is 0 Å². The number of para-hydroxylation sites is 2. The zero-order valence-electron chi connectivity index (χ0n) is 10.6. The monoisotopic (exact) mass is 392 g/mol. The molecular formula is C14H10N2NiS4-4. The van der Waals surface area contributed by atoms with Gasteiger partial charge >= 0.3 is 0 Å². The molecule has 7 heteroatoms. The van der Waals surface area contributed by atoms with Gasteiger partial charge in [-0.3, -0.25) is 0 Å². The Morgan fingerprint density at radius 3 is 1.10 bits per heavy atom. The van der Waals surface area contributed by atoms with Gasteiger partial charge < -0.3 is 60.5 Å². The van der Waals surface area contributed by atoms with Crippen LogP contribution in [-0.4, -0.2) is 8.75 Å². The summed E-state index contributed by atoms with van der Waals surface area (Å²) in [6, 6.07) is 18.9. The van der Waals surface area contributed by atoms with Crippen molar-refractivity contribution >= 4 is 70.6 Å². The van der Waals surface area contributed by atoms with Gasteiger partial charge in [0, 0.05) is 16.5 Å². The molecule has 0 aliphatic heterocycles. The molecule has 0 spiro atoms. The van der Waals surface area contributed by atoms with Gasteiger partial charge in [-0.25, -0.2) is 8.75 Å². The Bertz CT molecular complexity index is 513. The van der Waals surface area contributed by atoms with Crippen molar-refractivity contribution in [2.24, 2.45) is 9.98 Å². The Hall–Kier alpha value is -0.846. The van der Waals surface area contributed by atoms with E-state index in [1.165, 1.54) is 0 Å². The summed E-state index contributed by atoms with van der Waals surface area (Å²) in [7, 11) is 0. The molecule has 0 bridgehead atoms. The fourth-order valence-electron chi connectivity index (χ4n) is 1.22. The smallest absolute Gasteiger partial charge is 0.0586 e. The first-order valence-electron chi connectivity index (χ1n) is 5.53. The van der Waals surface area contributed by atoms with E-state index in [-0.39, 0.29) is 25.2 Å². The third-order valence-corrected chi connectivity index (χ3v) is 2.32. The van der Waals surface area contributed by atoms with E-state index in [2.05, 4.69) is 60.5 Å². The van der Waals surface area contributed by atoms with Crippen LogP contribution in [-0.2, 0) is 67.0 Å². The molecule has 2 aromatic carbocycles. The topological polar surface area (TPSA) is 24.7 Å². The molecule has 0 fully saturated rings. The van der Waals surface area contributed by atoms with Gasteiger partial charge in [0.25, 0.3) is 0 Å². The molecule has 0 saturated carbocycles. The van der Waals surface area contributed by atoms with Crippen molar-refractivity contribution in [3.8, 4) is 0 Å². The minimum absolute atomic E-state index is 0. The predicted octanol–water partition coefficient (Wildman–Crippen LogP) is 3.53. The SMILES string of the molecule is [Ni].[S-]C([S-])=Nc1ccccc1.[S-]C([S-])=Nc1ccccc1. The minimum Gasteiger partial charge on any atom is -0.788 e. The number of hydrogen-bond acceptors (Lipinski definition) is 6. The first kappa shape index (κ1) is 20.2. The van der Waals surface area contributed by atoms with Gasteiger partial charge in [-0.15, -0.1) is 0 Å². The number of aliphatic imine (C=N–C) groups is 2. The maximum absolute atomic E-state index is 4.63. The van der Waals surface area contributed by atoms with Gasteiger partial charge in [0.15, 0.2) is 0 Å². The second-order valence-corrected chi connectivity index (χ2v) is 5.49. The summed E-state index contributed by atoms with van der Waals surface area (Å²) in [5.41, 5.74) is 1.64. The van der Waals surface area contributed by atoms with Crippen LogP contribution in [0.4, 0.5) is 11.4 Å². The van der Waals surface area contributed by atoms with Gasteiger partial charge in [-0.1, -0.05) is 36.4 Å². The fourth-order valence-corrected chi connectivity index (χ4v) is 1.64. The molecule has 0 aliphatic carbocycles. The van der Waals surface area contributed by atoms with Crippen LogP contribution in [0.15, 0.2) is 70.6 Å². The zero-order valence-corrected chi connectivity index (χ0v) is 14.9. The van der Waals surface area contributed by atoms with Crippen molar-refractivity contribution in [3.05, 3.63) is 60.7 Å². The Balaban J connectivity index is 0.000000364. The fraction of sp³-hybridized carbons (Fsp3) is 0. The van der Waals surface area contributed by atoms with E-state index in [9.17, 15) is 0 Å². The minimum atomic E-state index is 0. The first-order chi connectivity index (χ1) is 9.58. The molecule has 0 saturated heterocycles. The third-order valence-electron chi connectivity index (χ3n) is 1.95. The van der Waals surface area contributed by atoms with Gasteiger partial charge in [0.05, 0.1) is 11.4 Å². The van der Waals surface area contributed by atoms with Gasteiger partial charge in [0.2, 0.25) is 0 Å². The normalized spacial score (nSPS) is 8.38. The van der Waals surface area contributed by atoms with Gasteiger partial charge in [0.1, 0.15) is 0 Å². The van der Waals surface area contributed by atoms with Crippen molar-refractivity contribution in [2.75, 3.05) is 0 Å². The number of hydrogen-bond donors (Lipinski definition) is 0. The van der Waals surface area contributed by atoms with E-state index in [1.807, 2.05) is 60.7 Å². The summed E-state index contributed by atoms with van der Waals surface area (Å²) in [6.07, 6.45) is 0. The largest absolute Gasteiger partial charge is 0.788 e. The Morgan fingerprint density at radius 2 is 0.857 bits per heavy atom. The second-order valence-electron chi connectivity index (χ2n) is 3.43. The maximum Gasteiger partial charge on any atom is 0.0586 e. The van der Waals surface area contributed by atoms with Crippen molar-refractivity contribution in [1.82, 2.24) is 0 Å². The quantitative estimate of drug-likeness (QED) is 0.337. The van der Waals surface area contributed by atoms with E-state index in [0.29, 0.717) is 0 Å². The van der Waals surface area contributed by atoms with E-state index in [1.54, 1.807) is 0 Å². The molecule has 2 nitrogen and oxygen atoms in total. The zero-order chi connectivity index (χ0) is 14.8. The van der Waals surface area contributed by atoms with Crippen LogP contribution >= 0.6 is 0 Å². The molecule has 2 rings (SSSR count). The predicted molar refractivity (Wildman–Crippen MR) is 96.5 cm³/mol. The van der Waals surface area contributed by atoms with E-state index in [0.717, 1.165) is 11.4 Å². The van der Waals surface area contributed by atoms with Crippen LogP contribution in [0.1, 0.15) is 0 Å². The summed E-state index contributed by atoms with van der Waals surface area (Å²) < 4.78 is 0.511. The van der Waals surface area contributed by atoms with E-state index >= 15 is 0 Å². The molecule has 0 radical (unpaired) electrons. The van der Waals surface area contributed by atoms with Gasteiger partial charge in [-0.2, -0.15) is 0 Å². The summed E-state index contributed by atoms with van der Waals surface area (Å²) in [5.74, 6) is 0. The summed E-state index contributed by atoms with van der Waals surface area (Å²) in [5, 5.41) is 0. The molecule has 0 aromatic heterocycles.